The first-order valence-corrected chi connectivity index (χ1v) is 6.51. The van der Waals surface area contributed by atoms with Gasteiger partial charge in [0.15, 0.2) is 5.84 Å². The molecular formula is C12H23N3O3. The number of nitrogens with zero attached hydrogens (tertiary/aromatic N) is 1. The van der Waals surface area contributed by atoms with Gasteiger partial charge in [0.1, 0.15) is 11.6 Å². The number of hydrogen-bond acceptors (Lipinski definition) is 4. The van der Waals surface area contributed by atoms with E-state index >= 15 is 0 Å². The van der Waals surface area contributed by atoms with Crippen molar-refractivity contribution >= 4 is 11.7 Å². The monoisotopic (exact) mass is 257 g/mol. The molecule has 1 heterocycles. The van der Waals surface area contributed by atoms with Crippen molar-refractivity contribution < 1.29 is 14.7 Å². The van der Waals surface area contributed by atoms with Crippen LogP contribution >= 0.6 is 0 Å². The maximum atomic E-state index is 12.1. The zero-order chi connectivity index (χ0) is 13.6. The Labute approximate surface area is 108 Å². The fourth-order valence-corrected chi connectivity index (χ4v) is 2.21. The van der Waals surface area contributed by atoms with Gasteiger partial charge in [0.05, 0.1) is 0 Å². The molecule has 18 heavy (non-hydrogen) atoms. The molecule has 104 valence electrons. The number of rotatable bonds is 5. The molecule has 4 N–H and O–H groups in total. The van der Waals surface area contributed by atoms with E-state index in [2.05, 4.69) is 10.5 Å². The van der Waals surface area contributed by atoms with Crippen molar-refractivity contribution in [2.45, 2.75) is 57.6 Å². The maximum Gasteiger partial charge on any atom is 0.249 e. The molecule has 0 aromatic rings. The lowest BCUT2D eigenvalue weighted by Crippen LogP contribution is -2.59. The number of ether oxygens (including phenoxy) is 1. The number of oxime groups is 1. The number of nitrogens with two attached hydrogens (primary N) is 1. The van der Waals surface area contributed by atoms with Crippen molar-refractivity contribution in [2.75, 3.05) is 6.61 Å². The van der Waals surface area contributed by atoms with Crippen LogP contribution in [0, 0.1) is 0 Å². The summed E-state index contributed by atoms with van der Waals surface area (Å²) >= 11 is 0. The minimum atomic E-state index is -0.785. The van der Waals surface area contributed by atoms with Gasteiger partial charge in [-0.05, 0) is 32.1 Å². The summed E-state index contributed by atoms with van der Waals surface area (Å²) < 4.78 is 5.43. The van der Waals surface area contributed by atoms with Crippen molar-refractivity contribution in [3.8, 4) is 0 Å². The van der Waals surface area contributed by atoms with E-state index in [0.29, 0.717) is 19.4 Å². The van der Waals surface area contributed by atoms with Gasteiger partial charge in [-0.2, -0.15) is 0 Å². The van der Waals surface area contributed by atoms with Crippen LogP contribution in [0.25, 0.3) is 0 Å². The highest BCUT2D eigenvalue weighted by atomic mass is 16.5. The summed E-state index contributed by atoms with van der Waals surface area (Å²) in [6.45, 7) is 4.40. The first-order chi connectivity index (χ1) is 8.59. The number of amidine groups is 1. The van der Waals surface area contributed by atoms with Crippen LogP contribution in [0.1, 0.15) is 46.0 Å². The van der Waals surface area contributed by atoms with Crippen LogP contribution in [0.5, 0.6) is 0 Å². The molecule has 1 saturated heterocycles. The summed E-state index contributed by atoms with van der Waals surface area (Å²) in [5, 5.41) is 14.7. The van der Waals surface area contributed by atoms with Gasteiger partial charge < -0.3 is 21.0 Å². The first-order valence-electron chi connectivity index (χ1n) is 6.51. The van der Waals surface area contributed by atoms with Gasteiger partial charge in [0, 0.05) is 6.61 Å². The Morgan fingerprint density at radius 2 is 2.17 bits per heavy atom. The Balaban J connectivity index is 2.74. The highest BCUT2D eigenvalue weighted by Crippen LogP contribution is 2.18. The Kier molecular flexibility index (Phi) is 5.40. The standard InChI is InChI=1S/C12H23N3O3/c1-3-12(4-2,11(13)15-17)14-10(16)9-7-5-6-8-18-9/h9,17H,3-8H2,1-2H3,(H2,13,15)(H,14,16). The third-order valence-electron chi connectivity index (χ3n) is 3.64. The Morgan fingerprint density at radius 3 is 2.61 bits per heavy atom. The average molecular weight is 257 g/mol. The lowest BCUT2D eigenvalue weighted by Gasteiger charge is -2.33. The van der Waals surface area contributed by atoms with E-state index in [4.69, 9.17) is 15.7 Å². The van der Waals surface area contributed by atoms with E-state index in [9.17, 15) is 4.79 Å². The van der Waals surface area contributed by atoms with Crippen LogP contribution in [0.4, 0.5) is 0 Å². The van der Waals surface area contributed by atoms with E-state index < -0.39 is 11.6 Å². The Hall–Kier alpha value is -1.30. The smallest absolute Gasteiger partial charge is 0.249 e. The second-order valence-corrected chi connectivity index (χ2v) is 4.62. The zero-order valence-corrected chi connectivity index (χ0v) is 11.1. The number of carbonyl (C=O) groups is 1. The fraction of sp³-hybridized carbons (Fsp3) is 0.833. The zero-order valence-electron chi connectivity index (χ0n) is 11.1. The second-order valence-electron chi connectivity index (χ2n) is 4.62. The molecule has 0 aromatic heterocycles. The second kappa shape index (κ2) is 6.58. The maximum absolute atomic E-state index is 12.1. The molecule has 1 rings (SSSR count). The molecule has 6 nitrogen and oxygen atoms in total. The van der Waals surface area contributed by atoms with Gasteiger partial charge >= 0.3 is 0 Å². The van der Waals surface area contributed by atoms with Crippen molar-refractivity contribution in [3.63, 3.8) is 0 Å². The van der Waals surface area contributed by atoms with Gasteiger partial charge in [-0.25, -0.2) is 0 Å². The molecule has 0 aromatic carbocycles. The molecule has 6 heteroatoms. The lowest BCUT2D eigenvalue weighted by molar-refractivity contribution is -0.136. The molecule has 0 saturated carbocycles. The van der Waals surface area contributed by atoms with Gasteiger partial charge in [0.25, 0.3) is 0 Å². The normalized spacial score (nSPS) is 21.7. The van der Waals surface area contributed by atoms with Crippen molar-refractivity contribution in [1.82, 2.24) is 5.32 Å². The van der Waals surface area contributed by atoms with E-state index in [1.54, 1.807) is 0 Å². The fourth-order valence-electron chi connectivity index (χ4n) is 2.21. The largest absolute Gasteiger partial charge is 0.409 e. The van der Waals surface area contributed by atoms with Crippen molar-refractivity contribution in [3.05, 3.63) is 0 Å². The van der Waals surface area contributed by atoms with E-state index in [-0.39, 0.29) is 11.7 Å². The van der Waals surface area contributed by atoms with E-state index in [0.717, 1.165) is 19.3 Å². The lowest BCUT2D eigenvalue weighted by atomic mass is 9.90. The molecule has 1 aliphatic rings. The molecule has 1 atom stereocenters. The van der Waals surface area contributed by atoms with Crippen LogP contribution < -0.4 is 11.1 Å². The molecule has 1 amide bonds. The van der Waals surface area contributed by atoms with Crippen LogP contribution in [0.3, 0.4) is 0 Å². The SMILES string of the molecule is CCC(CC)(NC(=O)C1CCCCO1)C(N)=NO. The van der Waals surface area contributed by atoms with Crippen LogP contribution in [-0.2, 0) is 9.53 Å². The van der Waals surface area contributed by atoms with Gasteiger partial charge in [-0.1, -0.05) is 19.0 Å². The molecule has 0 spiro atoms. The predicted octanol–water partition coefficient (Wildman–Crippen LogP) is 0.977. The minimum absolute atomic E-state index is 0.0386. The van der Waals surface area contributed by atoms with Crippen LogP contribution in [-0.4, -0.2) is 35.2 Å². The topological polar surface area (TPSA) is 96.9 Å². The number of hydrogen-bond donors (Lipinski definition) is 3. The molecule has 1 fully saturated rings. The third-order valence-corrected chi connectivity index (χ3v) is 3.64. The summed E-state index contributed by atoms with van der Waals surface area (Å²) in [7, 11) is 0. The molecule has 0 bridgehead atoms. The number of amides is 1. The Bertz CT molecular complexity index is 308. The summed E-state index contributed by atoms with van der Waals surface area (Å²) in [5.41, 5.74) is 4.91. The van der Waals surface area contributed by atoms with Crippen molar-refractivity contribution in [2.24, 2.45) is 10.9 Å². The van der Waals surface area contributed by atoms with E-state index in [1.165, 1.54) is 0 Å². The molecular weight excluding hydrogens is 234 g/mol. The quantitative estimate of drug-likeness (QED) is 0.296. The highest BCUT2D eigenvalue weighted by molar-refractivity contribution is 5.94. The average Bonchev–Trinajstić information content (AvgIpc) is 2.44. The summed E-state index contributed by atoms with van der Waals surface area (Å²) in [4.78, 5) is 12.1. The summed E-state index contributed by atoms with van der Waals surface area (Å²) in [6, 6.07) is 0. The highest BCUT2D eigenvalue weighted by Gasteiger charge is 2.35. The predicted molar refractivity (Wildman–Crippen MR) is 68.5 cm³/mol. The Morgan fingerprint density at radius 1 is 1.50 bits per heavy atom. The number of nitrogens with one attached hydrogen (secondary N) is 1. The first kappa shape index (κ1) is 14.8. The van der Waals surface area contributed by atoms with Gasteiger partial charge in [-0.3, -0.25) is 4.79 Å². The molecule has 1 aliphatic heterocycles. The third kappa shape index (κ3) is 3.13. The van der Waals surface area contributed by atoms with Gasteiger partial charge in [-0.15, -0.1) is 0 Å². The van der Waals surface area contributed by atoms with Gasteiger partial charge in [0.2, 0.25) is 5.91 Å². The molecule has 0 aliphatic carbocycles. The minimum Gasteiger partial charge on any atom is -0.409 e. The van der Waals surface area contributed by atoms with E-state index in [1.807, 2.05) is 13.8 Å². The van der Waals surface area contributed by atoms with Crippen LogP contribution in [0.2, 0.25) is 0 Å². The van der Waals surface area contributed by atoms with Crippen LogP contribution in [0.15, 0.2) is 5.16 Å². The van der Waals surface area contributed by atoms with Crippen molar-refractivity contribution in [1.29, 1.82) is 0 Å². The molecule has 1 unspecified atom stereocenters. The summed E-state index contributed by atoms with van der Waals surface area (Å²) in [6.07, 6.45) is 3.44. The molecule has 0 radical (unpaired) electrons. The summed E-state index contributed by atoms with van der Waals surface area (Å²) in [5.74, 6) is -0.137. The number of carbonyl (C=O) groups excluding carboxylic acids is 1.